The summed E-state index contributed by atoms with van der Waals surface area (Å²) in [5.41, 5.74) is 3.95. The molecular weight excluding hydrogens is 344 g/mol. The Morgan fingerprint density at radius 3 is 2.72 bits per heavy atom. The Bertz CT molecular complexity index is 778. The molecule has 0 aliphatic rings. The zero-order valence-corrected chi connectivity index (χ0v) is 15.0. The summed E-state index contributed by atoms with van der Waals surface area (Å²) in [4.78, 5) is 11.8. The quantitative estimate of drug-likeness (QED) is 0.606. The first-order chi connectivity index (χ1) is 12.0. The van der Waals surface area contributed by atoms with E-state index in [1.54, 1.807) is 43.5 Å². The van der Waals surface area contributed by atoms with Crippen molar-refractivity contribution in [2.45, 2.75) is 6.92 Å². The minimum atomic E-state index is -0.384. The minimum absolute atomic E-state index is 0.159. The third-order valence-electron chi connectivity index (χ3n) is 3.33. The van der Waals surface area contributed by atoms with Gasteiger partial charge in [0.25, 0.3) is 5.91 Å². The number of halogens is 1. The van der Waals surface area contributed by atoms with Gasteiger partial charge in [0.15, 0.2) is 18.1 Å². The van der Waals surface area contributed by atoms with Crippen molar-refractivity contribution in [3.8, 4) is 17.2 Å². The minimum Gasteiger partial charge on any atom is -0.493 e. The van der Waals surface area contributed by atoms with E-state index in [0.29, 0.717) is 27.8 Å². The lowest BCUT2D eigenvalue weighted by Gasteiger charge is -2.09. The molecule has 1 amide bonds. The van der Waals surface area contributed by atoms with Gasteiger partial charge in [-0.05, 0) is 42.8 Å². The molecule has 132 valence electrons. The van der Waals surface area contributed by atoms with Gasteiger partial charge >= 0.3 is 0 Å². The summed E-state index contributed by atoms with van der Waals surface area (Å²) in [7, 11) is 3.09. The molecule has 2 aromatic rings. The van der Waals surface area contributed by atoms with Gasteiger partial charge in [-0.15, -0.1) is 0 Å². The number of ether oxygens (including phenoxy) is 3. The highest BCUT2D eigenvalue weighted by Crippen LogP contribution is 2.29. The molecule has 2 aromatic carbocycles. The van der Waals surface area contributed by atoms with Gasteiger partial charge in [0.05, 0.1) is 20.4 Å². The molecule has 0 heterocycles. The van der Waals surface area contributed by atoms with Crippen LogP contribution in [0.2, 0.25) is 5.02 Å². The molecule has 0 saturated heterocycles. The summed E-state index contributed by atoms with van der Waals surface area (Å²) in [6, 6.07) is 10.6. The standard InChI is InChI=1S/C18H19ClN2O4/c1-12-9-14(7-8-15(12)19)25-11-17(22)21-20-10-13-5-4-6-16(23-2)18(13)24-3/h4-10H,11H2,1-3H3,(H,21,22)/b20-10-. The lowest BCUT2D eigenvalue weighted by molar-refractivity contribution is -0.123. The van der Waals surface area contributed by atoms with E-state index in [9.17, 15) is 4.79 Å². The van der Waals surface area contributed by atoms with Crippen LogP contribution in [-0.4, -0.2) is 32.9 Å². The van der Waals surface area contributed by atoms with Crippen LogP contribution in [0, 0.1) is 6.92 Å². The lowest BCUT2D eigenvalue weighted by atomic mass is 10.2. The second-order valence-electron chi connectivity index (χ2n) is 5.08. The summed E-state index contributed by atoms with van der Waals surface area (Å²) < 4.78 is 15.9. The SMILES string of the molecule is COc1cccc(/C=N\NC(=O)COc2ccc(Cl)c(C)c2)c1OC. The topological polar surface area (TPSA) is 69.2 Å². The maximum atomic E-state index is 11.8. The fraction of sp³-hybridized carbons (Fsp3) is 0.222. The Labute approximate surface area is 151 Å². The highest BCUT2D eigenvalue weighted by Gasteiger charge is 2.08. The Morgan fingerprint density at radius 2 is 2.04 bits per heavy atom. The van der Waals surface area contributed by atoms with Crippen LogP contribution in [-0.2, 0) is 4.79 Å². The van der Waals surface area contributed by atoms with Crippen molar-refractivity contribution < 1.29 is 19.0 Å². The van der Waals surface area contributed by atoms with Crippen LogP contribution in [0.1, 0.15) is 11.1 Å². The lowest BCUT2D eigenvalue weighted by Crippen LogP contribution is -2.24. The molecule has 0 radical (unpaired) electrons. The maximum absolute atomic E-state index is 11.8. The van der Waals surface area contributed by atoms with Gasteiger partial charge in [-0.3, -0.25) is 4.79 Å². The van der Waals surface area contributed by atoms with Crippen LogP contribution in [0.4, 0.5) is 0 Å². The van der Waals surface area contributed by atoms with E-state index in [1.807, 2.05) is 6.92 Å². The number of carbonyl (C=O) groups excluding carboxylic acids is 1. The van der Waals surface area contributed by atoms with E-state index in [4.69, 9.17) is 25.8 Å². The molecule has 0 aromatic heterocycles. The predicted molar refractivity (Wildman–Crippen MR) is 97.0 cm³/mol. The van der Waals surface area contributed by atoms with Crippen molar-refractivity contribution in [3.05, 3.63) is 52.5 Å². The summed E-state index contributed by atoms with van der Waals surface area (Å²) in [5, 5.41) is 4.56. The maximum Gasteiger partial charge on any atom is 0.277 e. The summed E-state index contributed by atoms with van der Waals surface area (Å²) >= 11 is 5.94. The van der Waals surface area contributed by atoms with E-state index < -0.39 is 0 Å². The van der Waals surface area contributed by atoms with Gasteiger partial charge in [-0.25, -0.2) is 5.43 Å². The van der Waals surface area contributed by atoms with Gasteiger partial charge in [0, 0.05) is 10.6 Å². The predicted octanol–water partition coefficient (Wildman–Crippen LogP) is 3.19. The van der Waals surface area contributed by atoms with Crippen molar-refractivity contribution in [2.75, 3.05) is 20.8 Å². The van der Waals surface area contributed by atoms with Crippen molar-refractivity contribution >= 4 is 23.7 Å². The zero-order valence-electron chi connectivity index (χ0n) is 14.2. The normalized spacial score (nSPS) is 10.6. The number of hydrogen-bond donors (Lipinski definition) is 1. The number of nitrogens with zero attached hydrogens (tertiary/aromatic N) is 1. The number of rotatable bonds is 7. The number of aryl methyl sites for hydroxylation is 1. The molecule has 0 bridgehead atoms. The zero-order chi connectivity index (χ0) is 18.2. The Balaban J connectivity index is 1.91. The molecule has 1 N–H and O–H groups in total. The molecule has 0 atom stereocenters. The van der Waals surface area contributed by atoms with E-state index in [2.05, 4.69) is 10.5 Å². The molecule has 7 heteroatoms. The number of para-hydroxylation sites is 1. The van der Waals surface area contributed by atoms with Crippen LogP contribution in [0.5, 0.6) is 17.2 Å². The van der Waals surface area contributed by atoms with Crippen molar-refractivity contribution in [1.29, 1.82) is 0 Å². The average molecular weight is 363 g/mol. The number of methoxy groups -OCH3 is 2. The highest BCUT2D eigenvalue weighted by atomic mass is 35.5. The molecule has 2 rings (SSSR count). The van der Waals surface area contributed by atoms with E-state index in [1.165, 1.54) is 13.3 Å². The average Bonchev–Trinajstić information content (AvgIpc) is 2.62. The number of hydrogen-bond acceptors (Lipinski definition) is 5. The van der Waals surface area contributed by atoms with Crippen LogP contribution >= 0.6 is 11.6 Å². The number of benzene rings is 2. The first kappa shape index (κ1) is 18.6. The second kappa shape index (κ2) is 8.94. The molecule has 0 aliphatic heterocycles. The molecular formula is C18H19ClN2O4. The Morgan fingerprint density at radius 1 is 1.24 bits per heavy atom. The van der Waals surface area contributed by atoms with Crippen molar-refractivity contribution in [1.82, 2.24) is 5.43 Å². The Kier molecular flexibility index (Phi) is 6.65. The van der Waals surface area contributed by atoms with Crippen LogP contribution in [0.25, 0.3) is 0 Å². The van der Waals surface area contributed by atoms with E-state index in [0.717, 1.165) is 5.56 Å². The first-order valence-corrected chi connectivity index (χ1v) is 7.84. The molecule has 6 nitrogen and oxygen atoms in total. The molecule has 25 heavy (non-hydrogen) atoms. The number of amides is 1. The third-order valence-corrected chi connectivity index (χ3v) is 3.75. The monoisotopic (exact) mass is 362 g/mol. The second-order valence-corrected chi connectivity index (χ2v) is 5.48. The van der Waals surface area contributed by atoms with Gasteiger partial charge in [-0.1, -0.05) is 17.7 Å². The molecule has 0 fully saturated rings. The summed E-state index contributed by atoms with van der Waals surface area (Å²) in [5.74, 6) is 1.30. The largest absolute Gasteiger partial charge is 0.493 e. The van der Waals surface area contributed by atoms with Gasteiger partial charge < -0.3 is 14.2 Å². The highest BCUT2D eigenvalue weighted by molar-refractivity contribution is 6.31. The van der Waals surface area contributed by atoms with Gasteiger partial charge in [0.1, 0.15) is 5.75 Å². The van der Waals surface area contributed by atoms with Gasteiger partial charge in [0.2, 0.25) is 0 Å². The molecule has 0 aliphatic carbocycles. The van der Waals surface area contributed by atoms with Crippen molar-refractivity contribution in [2.24, 2.45) is 5.10 Å². The summed E-state index contributed by atoms with van der Waals surface area (Å²) in [6.07, 6.45) is 1.48. The fourth-order valence-corrected chi connectivity index (χ4v) is 2.19. The van der Waals surface area contributed by atoms with E-state index in [-0.39, 0.29) is 12.5 Å². The van der Waals surface area contributed by atoms with Gasteiger partial charge in [-0.2, -0.15) is 5.10 Å². The molecule has 0 saturated carbocycles. The first-order valence-electron chi connectivity index (χ1n) is 7.47. The Hall–Kier alpha value is -2.73. The van der Waals surface area contributed by atoms with E-state index >= 15 is 0 Å². The molecule has 0 spiro atoms. The van der Waals surface area contributed by atoms with Crippen LogP contribution < -0.4 is 19.6 Å². The summed E-state index contributed by atoms with van der Waals surface area (Å²) in [6.45, 7) is 1.70. The molecule has 0 unspecified atom stereocenters. The fourth-order valence-electron chi connectivity index (χ4n) is 2.08. The van der Waals surface area contributed by atoms with Crippen LogP contribution in [0.3, 0.4) is 0 Å². The van der Waals surface area contributed by atoms with Crippen LogP contribution in [0.15, 0.2) is 41.5 Å². The third kappa shape index (κ3) is 5.12. The number of hydrazone groups is 1. The number of nitrogens with one attached hydrogen (secondary N) is 1. The smallest absolute Gasteiger partial charge is 0.277 e. The number of carbonyl (C=O) groups is 1. The van der Waals surface area contributed by atoms with Crippen molar-refractivity contribution in [3.63, 3.8) is 0 Å².